The van der Waals surface area contributed by atoms with Gasteiger partial charge in [0.2, 0.25) is 5.91 Å². The van der Waals surface area contributed by atoms with Crippen molar-refractivity contribution < 1.29 is 9.53 Å². The van der Waals surface area contributed by atoms with Crippen molar-refractivity contribution in [2.45, 2.75) is 46.8 Å². The van der Waals surface area contributed by atoms with E-state index in [1.165, 1.54) is 7.05 Å². The molecule has 0 atom stereocenters. The highest BCUT2D eigenvalue weighted by atomic mass is 16.5. The monoisotopic (exact) mass is 456 g/mol. The Morgan fingerprint density at radius 1 is 1.27 bits per heavy atom. The van der Waals surface area contributed by atoms with Gasteiger partial charge in [0.05, 0.1) is 12.9 Å². The molecule has 0 aliphatic carbocycles. The van der Waals surface area contributed by atoms with Gasteiger partial charge in [-0.15, -0.1) is 0 Å². The van der Waals surface area contributed by atoms with Crippen LogP contribution in [0.1, 0.15) is 43.1 Å². The Bertz CT molecular complexity index is 1250. The molecule has 2 heterocycles. The van der Waals surface area contributed by atoms with Gasteiger partial charge in [0.1, 0.15) is 5.75 Å². The first kappa shape index (κ1) is 24.2. The summed E-state index contributed by atoms with van der Waals surface area (Å²) in [4.78, 5) is 41.3. The molecule has 3 rings (SSSR count). The van der Waals surface area contributed by atoms with Crippen molar-refractivity contribution in [2.24, 2.45) is 18.7 Å². The van der Waals surface area contributed by atoms with Crippen LogP contribution in [-0.2, 0) is 26.7 Å². The van der Waals surface area contributed by atoms with Crippen molar-refractivity contribution in [2.75, 3.05) is 13.2 Å². The zero-order valence-corrected chi connectivity index (χ0v) is 19.6. The van der Waals surface area contributed by atoms with Gasteiger partial charge >= 0.3 is 5.69 Å². The highest BCUT2D eigenvalue weighted by Gasteiger charge is 2.17. The van der Waals surface area contributed by atoms with Crippen LogP contribution in [0, 0.1) is 5.92 Å². The Morgan fingerprint density at radius 3 is 2.70 bits per heavy atom. The molecule has 10 nitrogen and oxygen atoms in total. The van der Waals surface area contributed by atoms with E-state index >= 15 is 0 Å². The number of primary amides is 1. The summed E-state index contributed by atoms with van der Waals surface area (Å²) in [5.74, 6) is 0.441. The highest BCUT2D eigenvalue weighted by Crippen LogP contribution is 2.20. The molecule has 0 fully saturated rings. The van der Waals surface area contributed by atoms with E-state index in [0.29, 0.717) is 55.3 Å². The van der Waals surface area contributed by atoms with Crippen molar-refractivity contribution >= 4 is 17.1 Å². The molecule has 0 aliphatic heterocycles. The molecule has 0 aliphatic rings. The molecule has 0 radical (unpaired) electrons. The number of carbonyl (C=O) groups is 1. The lowest BCUT2D eigenvalue weighted by atomic mass is 10.1. The molecule has 0 saturated heterocycles. The fraction of sp³-hybridized carbons (Fsp3) is 0.478. The number of nitrogens with one attached hydrogen (secondary N) is 1. The van der Waals surface area contributed by atoms with Crippen molar-refractivity contribution in [1.82, 2.24) is 24.0 Å². The predicted octanol–water partition coefficient (Wildman–Crippen LogP) is 1.23. The summed E-state index contributed by atoms with van der Waals surface area (Å²) in [6.45, 7) is 8.57. The van der Waals surface area contributed by atoms with Gasteiger partial charge < -0.3 is 20.4 Å². The average Bonchev–Trinajstić information content (AvgIpc) is 3.20. The predicted molar refractivity (Wildman–Crippen MR) is 127 cm³/mol. The standard InChI is InChI=1S/C23H32N6O4/c1-5-10-33-18-7-6-16(20(24)30)11-17(18)12-25-8-9-28-14-26-21-19(28)22(31)27(4)23(32)29(21)13-15(2)3/h6-7,11,14-15,25H,5,8-10,12-13H2,1-4H3,(H2,24,30). The number of amides is 1. The molecule has 178 valence electrons. The number of ether oxygens (including phenoxy) is 1. The number of fused-ring (bicyclic) bond motifs is 1. The third-order valence-corrected chi connectivity index (χ3v) is 5.30. The minimum absolute atomic E-state index is 0.232. The van der Waals surface area contributed by atoms with Crippen molar-refractivity contribution in [1.29, 1.82) is 0 Å². The summed E-state index contributed by atoms with van der Waals surface area (Å²) in [5, 5.41) is 3.32. The lowest BCUT2D eigenvalue weighted by Crippen LogP contribution is -2.39. The third-order valence-electron chi connectivity index (χ3n) is 5.30. The summed E-state index contributed by atoms with van der Waals surface area (Å²) in [7, 11) is 1.49. The Balaban J connectivity index is 1.78. The van der Waals surface area contributed by atoms with E-state index in [2.05, 4.69) is 10.3 Å². The second-order valence-corrected chi connectivity index (χ2v) is 8.47. The molecule has 10 heteroatoms. The van der Waals surface area contributed by atoms with E-state index < -0.39 is 5.91 Å². The van der Waals surface area contributed by atoms with E-state index in [1.54, 1.807) is 33.7 Å². The fourth-order valence-corrected chi connectivity index (χ4v) is 3.65. The molecule has 33 heavy (non-hydrogen) atoms. The van der Waals surface area contributed by atoms with Gasteiger partial charge in [-0.05, 0) is 30.5 Å². The Kier molecular flexibility index (Phi) is 7.70. The number of hydrogen-bond acceptors (Lipinski definition) is 6. The maximum atomic E-state index is 12.8. The van der Waals surface area contributed by atoms with Crippen molar-refractivity contribution in [3.63, 3.8) is 0 Å². The van der Waals surface area contributed by atoms with Gasteiger partial charge in [-0.1, -0.05) is 20.8 Å². The fourth-order valence-electron chi connectivity index (χ4n) is 3.65. The topological polar surface area (TPSA) is 126 Å². The molecule has 2 aromatic heterocycles. The van der Waals surface area contributed by atoms with E-state index in [0.717, 1.165) is 16.6 Å². The van der Waals surface area contributed by atoms with Crippen LogP contribution in [0.2, 0.25) is 0 Å². The number of nitrogens with two attached hydrogens (primary N) is 1. The van der Waals surface area contributed by atoms with Gasteiger partial charge in [0.15, 0.2) is 11.2 Å². The van der Waals surface area contributed by atoms with Gasteiger partial charge in [-0.25, -0.2) is 9.78 Å². The first-order valence-electron chi connectivity index (χ1n) is 11.2. The summed E-state index contributed by atoms with van der Waals surface area (Å²) < 4.78 is 10.2. The Hall–Kier alpha value is -3.40. The first-order valence-corrected chi connectivity index (χ1v) is 11.2. The largest absolute Gasteiger partial charge is 0.493 e. The Labute approximate surface area is 192 Å². The SMILES string of the molecule is CCCOc1ccc(C(N)=O)cc1CNCCn1cnc2c1c(=O)n(C)c(=O)n2CC(C)C. The van der Waals surface area contributed by atoms with Crippen LogP contribution in [0.4, 0.5) is 0 Å². The second-order valence-electron chi connectivity index (χ2n) is 8.47. The molecule has 1 amide bonds. The van der Waals surface area contributed by atoms with Crippen LogP contribution in [0.25, 0.3) is 11.2 Å². The zero-order valence-electron chi connectivity index (χ0n) is 19.6. The van der Waals surface area contributed by atoms with E-state index in [-0.39, 0.29) is 17.2 Å². The molecule has 1 aromatic carbocycles. The summed E-state index contributed by atoms with van der Waals surface area (Å²) >= 11 is 0. The molecule has 3 aromatic rings. The minimum Gasteiger partial charge on any atom is -0.493 e. The van der Waals surface area contributed by atoms with E-state index in [4.69, 9.17) is 10.5 Å². The average molecular weight is 457 g/mol. The molecule has 3 N–H and O–H groups in total. The van der Waals surface area contributed by atoms with Crippen LogP contribution in [0.5, 0.6) is 5.75 Å². The van der Waals surface area contributed by atoms with Crippen LogP contribution in [0.15, 0.2) is 34.1 Å². The van der Waals surface area contributed by atoms with Gasteiger partial charge in [-0.2, -0.15) is 0 Å². The van der Waals surface area contributed by atoms with Crippen LogP contribution in [0.3, 0.4) is 0 Å². The van der Waals surface area contributed by atoms with Crippen LogP contribution >= 0.6 is 0 Å². The minimum atomic E-state index is -0.494. The maximum Gasteiger partial charge on any atom is 0.332 e. The molecular formula is C23H32N6O4. The quantitative estimate of drug-likeness (QED) is 0.418. The molecule has 0 unspecified atom stereocenters. The number of aromatic nitrogens is 4. The third kappa shape index (κ3) is 5.33. The number of benzene rings is 1. The summed E-state index contributed by atoms with van der Waals surface area (Å²) in [6, 6.07) is 5.14. The number of rotatable bonds is 11. The van der Waals surface area contributed by atoms with Crippen LogP contribution < -0.4 is 27.0 Å². The molecule has 0 saturated carbocycles. The second kappa shape index (κ2) is 10.5. The zero-order chi connectivity index (χ0) is 24.1. The van der Waals surface area contributed by atoms with Crippen molar-refractivity contribution in [3.05, 3.63) is 56.5 Å². The lowest BCUT2D eigenvalue weighted by Gasteiger charge is -2.14. The number of nitrogens with zero attached hydrogens (tertiary/aromatic N) is 4. The van der Waals surface area contributed by atoms with Gasteiger partial charge in [0.25, 0.3) is 5.56 Å². The molecular weight excluding hydrogens is 424 g/mol. The van der Waals surface area contributed by atoms with Gasteiger partial charge in [0, 0.05) is 44.4 Å². The summed E-state index contributed by atoms with van der Waals surface area (Å²) in [6.07, 6.45) is 2.46. The number of hydrogen-bond donors (Lipinski definition) is 2. The normalized spacial score (nSPS) is 11.4. The number of carbonyl (C=O) groups excluding carboxylic acids is 1. The maximum absolute atomic E-state index is 12.8. The Morgan fingerprint density at radius 2 is 2.03 bits per heavy atom. The van der Waals surface area contributed by atoms with E-state index in [1.807, 2.05) is 20.8 Å². The molecule has 0 bridgehead atoms. The molecule has 0 spiro atoms. The van der Waals surface area contributed by atoms with Crippen molar-refractivity contribution in [3.8, 4) is 5.75 Å². The van der Waals surface area contributed by atoms with Gasteiger partial charge in [-0.3, -0.25) is 18.7 Å². The summed E-state index contributed by atoms with van der Waals surface area (Å²) in [5.41, 5.74) is 6.75. The van der Waals surface area contributed by atoms with Crippen LogP contribution in [-0.4, -0.2) is 37.7 Å². The van der Waals surface area contributed by atoms with E-state index in [9.17, 15) is 14.4 Å². The number of imidazole rings is 1. The highest BCUT2D eigenvalue weighted by molar-refractivity contribution is 5.93. The smallest absolute Gasteiger partial charge is 0.332 e. The first-order chi connectivity index (χ1) is 15.7. The lowest BCUT2D eigenvalue weighted by molar-refractivity contribution is 0.1000.